The number of ether oxygens (including phenoxy) is 2. The molecule has 0 radical (unpaired) electrons. The largest absolute Gasteiger partial charge is 0.376 e. The molecule has 0 aromatic heterocycles. The van der Waals surface area contributed by atoms with E-state index < -0.39 is 17.1 Å². The normalized spacial score (nSPS) is 27.1. The standard InChI is InChI=1S/C24H31FN2O5/c1-26(15-18-16-31-11-12-32-18)21(28)13-24(19-9-5-6-10-20(19)25)14-22(29)27(23(24)30)17-7-3-2-4-8-17/h5-6,9-10,17-18H,2-4,7-8,11-16H2,1H3/t18-,24-/m1/s1. The van der Waals surface area contributed by atoms with Crippen LogP contribution in [0.25, 0.3) is 0 Å². The molecule has 4 rings (SSSR count). The van der Waals surface area contributed by atoms with Gasteiger partial charge in [-0.05, 0) is 18.9 Å². The molecular formula is C24H31FN2O5. The molecule has 8 heteroatoms. The molecule has 7 nitrogen and oxygen atoms in total. The number of likely N-dealkylation sites (tertiary alicyclic amines) is 1. The fourth-order valence-electron chi connectivity index (χ4n) is 5.21. The van der Waals surface area contributed by atoms with E-state index in [4.69, 9.17) is 9.47 Å². The minimum atomic E-state index is -1.52. The summed E-state index contributed by atoms with van der Waals surface area (Å²) in [5, 5.41) is 0. The summed E-state index contributed by atoms with van der Waals surface area (Å²) in [6.45, 7) is 1.69. The highest BCUT2D eigenvalue weighted by molar-refractivity contribution is 6.11. The van der Waals surface area contributed by atoms with E-state index in [1.54, 1.807) is 19.2 Å². The van der Waals surface area contributed by atoms with E-state index in [9.17, 15) is 18.8 Å². The Kier molecular flexibility index (Phi) is 6.90. The van der Waals surface area contributed by atoms with Crippen LogP contribution < -0.4 is 0 Å². The maximum Gasteiger partial charge on any atom is 0.241 e. The van der Waals surface area contributed by atoms with Crippen LogP contribution in [0.15, 0.2) is 24.3 Å². The number of carbonyl (C=O) groups is 3. The van der Waals surface area contributed by atoms with Crippen LogP contribution in [0.3, 0.4) is 0 Å². The van der Waals surface area contributed by atoms with Crippen LogP contribution in [0.1, 0.15) is 50.5 Å². The van der Waals surface area contributed by atoms with Gasteiger partial charge in [0.1, 0.15) is 5.82 Å². The fraction of sp³-hybridized carbons (Fsp3) is 0.625. The molecule has 0 N–H and O–H groups in total. The minimum Gasteiger partial charge on any atom is -0.376 e. The van der Waals surface area contributed by atoms with Gasteiger partial charge in [0.2, 0.25) is 17.7 Å². The van der Waals surface area contributed by atoms with E-state index >= 15 is 0 Å². The molecule has 2 saturated heterocycles. The Morgan fingerprint density at radius 2 is 1.94 bits per heavy atom. The van der Waals surface area contributed by atoms with Crippen molar-refractivity contribution >= 4 is 17.7 Å². The molecule has 3 fully saturated rings. The van der Waals surface area contributed by atoms with Crippen LogP contribution in [-0.2, 0) is 29.3 Å². The second kappa shape index (κ2) is 9.67. The summed E-state index contributed by atoms with van der Waals surface area (Å²) in [6, 6.07) is 5.82. The topological polar surface area (TPSA) is 76.2 Å². The van der Waals surface area contributed by atoms with Gasteiger partial charge in [0.15, 0.2) is 0 Å². The van der Waals surface area contributed by atoms with Crippen LogP contribution in [0.5, 0.6) is 0 Å². The fourth-order valence-corrected chi connectivity index (χ4v) is 5.21. The molecule has 1 saturated carbocycles. The third kappa shape index (κ3) is 4.43. The number of imide groups is 1. The monoisotopic (exact) mass is 446 g/mol. The zero-order chi connectivity index (χ0) is 22.7. The lowest BCUT2D eigenvalue weighted by Gasteiger charge is -2.34. The molecule has 2 heterocycles. The third-order valence-electron chi connectivity index (χ3n) is 6.92. The quantitative estimate of drug-likeness (QED) is 0.628. The smallest absolute Gasteiger partial charge is 0.241 e. The third-order valence-corrected chi connectivity index (χ3v) is 6.92. The summed E-state index contributed by atoms with van der Waals surface area (Å²) < 4.78 is 26.0. The van der Waals surface area contributed by atoms with Gasteiger partial charge in [-0.2, -0.15) is 0 Å². The van der Waals surface area contributed by atoms with Crippen LogP contribution in [0.2, 0.25) is 0 Å². The Morgan fingerprint density at radius 3 is 2.62 bits per heavy atom. The Morgan fingerprint density at radius 1 is 1.19 bits per heavy atom. The van der Waals surface area contributed by atoms with Crippen molar-refractivity contribution in [3.05, 3.63) is 35.6 Å². The molecular weight excluding hydrogens is 415 g/mol. The Bertz CT molecular complexity index is 866. The van der Waals surface area contributed by atoms with Crippen molar-refractivity contribution in [3.8, 4) is 0 Å². The first kappa shape index (κ1) is 22.9. The molecule has 1 aromatic rings. The van der Waals surface area contributed by atoms with Gasteiger partial charge < -0.3 is 14.4 Å². The van der Waals surface area contributed by atoms with Gasteiger partial charge in [-0.25, -0.2) is 4.39 Å². The lowest BCUT2D eigenvalue weighted by atomic mass is 9.75. The van der Waals surface area contributed by atoms with Crippen LogP contribution in [0, 0.1) is 5.82 Å². The highest BCUT2D eigenvalue weighted by Gasteiger charge is 2.56. The van der Waals surface area contributed by atoms with E-state index in [0.717, 1.165) is 32.1 Å². The molecule has 0 bridgehead atoms. The molecule has 1 aromatic carbocycles. The maximum atomic E-state index is 14.9. The molecule has 2 atom stereocenters. The Labute approximate surface area is 187 Å². The van der Waals surface area contributed by atoms with Crippen LogP contribution >= 0.6 is 0 Å². The summed E-state index contributed by atoms with van der Waals surface area (Å²) in [4.78, 5) is 42.9. The second-order valence-electron chi connectivity index (χ2n) is 9.12. The van der Waals surface area contributed by atoms with E-state index in [2.05, 4.69) is 0 Å². The highest BCUT2D eigenvalue weighted by atomic mass is 19.1. The molecule has 0 spiro atoms. The van der Waals surface area contributed by atoms with E-state index in [1.165, 1.54) is 21.9 Å². The van der Waals surface area contributed by atoms with Gasteiger partial charge >= 0.3 is 0 Å². The van der Waals surface area contributed by atoms with Crippen molar-refractivity contribution in [2.45, 2.75) is 62.5 Å². The summed E-state index contributed by atoms with van der Waals surface area (Å²) in [5.41, 5.74) is -1.40. The highest BCUT2D eigenvalue weighted by Crippen LogP contribution is 2.43. The maximum absolute atomic E-state index is 14.9. The van der Waals surface area contributed by atoms with Crippen LogP contribution in [-0.4, -0.2) is 73.1 Å². The number of hydrogen-bond acceptors (Lipinski definition) is 5. The van der Waals surface area contributed by atoms with Crippen molar-refractivity contribution in [1.29, 1.82) is 0 Å². The van der Waals surface area contributed by atoms with Gasteiger partial charge in [-0.1, -0.05) is 37.5 Å². The first-order valence-corrected chi connectivity index (χ1v) is 11.5. The number of nitrogens with zero attached hydrogens (tertiary/aromatic N) is 2. The minimum absolute atomic E-state index is 0.121. The lowest BCUT2D eigenvalue weighted by Crippen LogP contribution is -2.48. The number of halogens is 1. The number of hydrogen-bond donors (Lipinski definition) is 0. The van der Waals surface area contributed by atoms with Crippen molar-refractivity contribution in [2.24, 2.45) is 0 Å². The molecule has 1 aliphatic carbocycles. The lowest BCUT2D eigenvalue weighted by molar-refractivity contribution is -0.146. The van der Waals surface area contributed by atoms with E-state index in [0.29, 0.717) is 26.4 Å². The zero-order valence-electron chi connectivity index (χ0n) is 18.6. The molecule has 3 amide bonds. The zero-order valence-corrected chi connectivity index (χ0v) is 18.6. The first-order valence-electron chi connectivity index (χ1n) is 11.5. The second-order valence-corrected chi connectivity index (χ2v) is 9.12. The Balaban J connectivity index is 1.60. The molecule has 0 unspecified atom stereocenters. The molecule has 2 aliphatic heterocycles. The average molecular weight is 447 g/mol. The Hall–Kier alpha value is -2.32. The SMILES string of the molecule is CN(C[C@@H]1COCCO1)C(=O)C[C@]1(c2ccccc2F)CC(=O)N(C2CCCCC2)C1=O. The summed E-state index contributed by atoms with van der Waals surface area (Å²) in [6.07, 6.45) is 3.83. The van der Waals surface area contributed by atoms with Crippen molar-refractivity contribution in [1.82, 2.24) is 9.80 Å². The molecule has 174 valence electrons. The van der Waals surface area contributed by atoms with E-state index in [-0.39, 0.29) is 42.4 Å². The average Bonchev–Trinajstić information content (AvgIpc) is 3.05. The predicted molar refractivity (Wildman–Crippen MR) is 114 cm³/mol. The van der Waals surface area contributed by atoms with Gasteiger partial charge in [0, 0.05) is 38.0 Å². The summed E-state index contributed by atoms with van der Waals surface area (Å²) in [5.74, 6) is -1.66. The van der Waals surface area contributed by atoms with Gasteiger partial charge in [-0.15, -0.1) is 0 Å². The first-order chi connectivity index (χ1) is 15.4. The number of carbonyl (C=O) groups excluding carboxylic acids is 3. The van der Waals surface area contributed by atoms with Crippen molar-refractivity contribution < 1.29 is 28.2 Å². The summed E-state index contributed by atoms with van der Waals surface area (Å²) >= 11 is 0. The van der Waals surface area contributed by atoms with Gasteiger partial charge in [0.05, 0.1) is 31.3 Å². The number of benzene rings is 1. The van der Waals surface area contributed by atoms with Crippen LogP contribution in [0.4, 0.5) is 4.39 Å². The number of likely N-dealkylation sites (N-methyl/N-ethyl adjacent to an activating group) is 1. The molecule has 32 heavy (non-hydrogen) atoms. The van der Waals surface area contributed by atoms with Crippen molar-refractivity contribution in [3.63, 3.8) is 0 Å². The number of amides is 3. The summed E-state index contributed by atoms with van der Waals surface area (Å²) in [7, 11) is 1.63. The number of rotatable bonds is 6. The predicted octanol–water partition coefficient (Wildman–Crippen LogP) is 2.42. The van der Waals surface area contributed by atoms with E-state index in [1.807, 2.05) is 0 Å². The molecule has 3 aliphatic rings. The van der Waals surface area contributed by atoms with Gasteiger partial charge in [0.25, 0.3) is 0 Å². The van der Waals surface area contributed by atoms with Gasteiger partial charge in [-0.3, -0.25) is 19.3 Å². The van der Waals surface area contributed by atoms with Crippen molar-refractivity contribution in [2.75, 3.05) is 33.4 Å².